The van der Waals surface area contributed by atoms with E-state index in [1.54, 1.807) is 6.92 Å². The molecule has 1 amide bonds. The number of hydrogen-bond acceptors (Lipinski definition) is 3. The average Bonchev–Trinajstić information content (AvgIpc) is 2.43. The zero-order valence-corrected chi connectivity index (χ0v) is 15.8. The van der Waals surface area contributed by atoms with Crippen LogP contribution in [0.5, 0.6) is 0 Å². The van der Waals surface area contributed by atoms with Gasteiger partial charge in [0.05, 0.1) is 22.5 Å². The van der Waals surface area contributed by atoms with Gasteiger partial charge in [-0.1, -0.05) is 25.4 Å². The Labute approximate surface area is 150 Å². The summed E-state index contributed by atoms with van der Waals surface area (Å²) in [5.74, 6) is -0.502. The summed E-state index contributed by atoms with van der Waals surface area (Å²) in [7, 11) is -3.98. The van der Waals surface area contributed by atoms with E-state index in [1.165, 1.54) is 0 Å². The fourth-order valence-corrected chi connectivity index (χ4v) is 2.96. The first-order valence-electron chi connectivity index (χ1n) is 7.37. The maximum Gasteiger partial charge on any atom is 0.417 e. The predicted molar refractivity (Wildman–Crippen MR) is 91.1 cm³/mol. The number of halogens is 4. The number of carbonyl (C=O) groups excluding carboxylic acids is 1. The SMILES string of the molecule is CC(C)C(C)NC(=O)CN(c1ccc(Cl)c(C(F)(F)F)c1)S(C)(=O)=O. The van der Waals surface area contributed by atoms with Crippen molar-refractivity contribution in [2.45, 2.75) is 33.0 Å². The van der Waals surface area contributed by atoms with E-state index in [0.717, 1.165) is 18.4 Å². The van der Waals surface area contributed by atoms with E-state index >= 15 is 0 Å². The number of carbonyl (C=O) groups is 1. The molecule has 0 aliphatic rings. The quantitative estimate of drug-likeness (QED) is 0.796. The molecule has 1 atom stereocenters. The summed E-state index contributed by atoms with van der Waals surface area (Å²) in [5, 5.41) is 2.06. The van der Waals surface area contributed by atoms with Gasteiger partial charge in [0.2, 0.25) is 15.9 Å². The van der Waals surface area contributed by atoms with Crippen molar-refractivity contribution in [1.82, 2.24) is 5.32 Å². The van der Waals surface area contributed by atoms with Gasteiger partial charge in [-0.05, 0) is 31.0 Å². The Morgan fingerprint density at radius 3 is 2.28 bits per heavy atom. The molecule has 0 aromatic heterocycles. The van der Waals surface area contributed by atoms with E-state index in [1.807, 2.05) is 13.8 Å². The second kappa shape index (κ2) is 7.82. The molecule has 1 N–H and O–H groups in total. The number of sulfonamides is 1. The lowest BCUT2D eigenvalue weighted by Crippen LogP contribution is -2.44. The summed E-state index contributed by atoms with van der Waals surface area (Å²) in [6.45, 7) is 4.86. The van der Waals surface area contributed by atoms with Crippen LogP contribution in [0.25, 0.3) is 0 Å². The molecule has 1 aromatic carbocycles. The third-order valence-corrected chi connectivity index (χ3v) is 5.09. The van der Waals surface area contributed by atoms with Crippen LogP contribution in [0.1, 0.15) is 26.3 Å². The van der Waals surface area contributed by atoms with Crippen LogP contribution in [0.15, 0.2) is 18.2 Å². The van der Waals surface area contributed by atoms with Crippen molar-refractivity contribution in [3.8, 4) is 0 Å². The van der Waals surface area contributed by atoms with Crippen LogP contribution in [-0.4, -0.2) is 33.2 Å². The number of anilines is 1. The largest absolute Gasteiger partial charge is 0.417 e. The van der Waals surface area contributed by atoms with Gasteiger partial charge in [-0.15, -0.1) is 0 Å². The molecule has 0 saturated heterocycles. The van der Waals surface area contributed by atoms with Crippen LogP contribution in [-0.2, 0) is 21.0 Å². The maximum atomic E-state index is 13.0. The summed E-state index contributed by atoms with van der Waals surface area (Å²) < 4.78 is 63.5. The molecule has 0 radical (unpaired) electrons. The Balaban J connectivity index is 3.20. The highest BCUT2D eigenvalue weighted by molar-refractivity contribution is 7.92. The Kier molecular flexibility index (Phi) is 6.74. The number of rotatable bonds is 6. The average molecular weight is 401 g/mol. The summed E-state index contributed by atoms with van der Waals surface area (Å²) in [6, 6.07) is 2.47. The van der Waals surface area contributed by atoms with Crippen LogP contribution in [0.3, 0.4) is 0 Å². The minimum Gasteiger partial charge on any atom is -0.352 e. The Morgan fingerprint density at radius 2 is 1.84 bits per heavy atom. The molecule has 0 aliphatic carbocycles. The molecule has 0 saturated carbocycles. The van der Waals surface area contributed by atoms with Gasteiger partial charge in [-0.2, -0.15) is 13.2 Å². The lowest BCUT2D eigenvalue weighted by molar-refractivity contribution is -0.137. The smallest absolute Gasteiger partial charge is 0.352 e. The number of benzene rings is 1. The molecule has 0 heterocycles. The van der Waals surface area contributed by atoms with Crippen LogP contribution < -0.4 is 9.62 Å². The molecule has 25 heavy (non-hydrogen) atoms. The second-order valence-corrected chi connectivity index (χ2v) is 8.35. The van der Waals surface area contributed by atoms with Crippen molar-refractivity contribution in [2.24, 2.45) is 5.92 Å². The van der Waals surface area contributed by atoms with Crippen molar-refractivity contribution < 1.29 is 26.4 Å². The highest BCUT2D eigenvalue weighted by atomic mass is 35.5. The number of nitrogens with zero attached hydrogens (tertiary/aromatic N) is 1. The van der Waals surface area contributed by atoms with Gasteiger partial charge in [0.25, 0.3) is 0 Å². The van der Waals surface area contributed by atoms with E-state index in [-0.39, 0.29) is 17.6 Å². The van der Waals surface area contributed by atoms with Gasteiger partial charge in [0.1, 0.15) is 6.54 Å². The Bertz CT molecular complexity index is 736. The third kappa shape index (κ3) is 6.07. The van der Waals surface area contributed by atoms with Crippen LogP contribution in [0.2, 0.25) is 5.02 Å². The molecular weight excluding hydrogens is 381 g/mol. The van der Waals surface area contributed by atoms with E-state index in [2.05, 4.69) is 5.32 Å². The number of nitrogens with one attached hydrogen (secondary N) is 1. The first-order valence-corrected chi connectivity index (χ1v) is 9.60. The molecular formula is C15H20ClF3N2O3S. The van der Waals surface area contributed by atoms with Gasteiger partial charge in [-0.25, -0.2) is 8.42 Å². The van der Waals surface area contributed by atoms with Gasteiger partial charge in [0, 0.05) is 6.04 Å². The van der Waals surface area contributed by atoms with Gasteiger partial charge in [0.15, 0.2) is 0 Å². The summed E-state index contributed by atoms with van der Waals surface area (Å²) in [4.78, 5) is 12.1. The lowest BCUT2D eigenvalue weighted by atomic mass is 10.1. The van der Waals surface area contributed by atoms with Crippen LogP contribution in [0, 0.1) is 5.92 Å². The summed E-state index contributed by atoms with van der Waals surface area (Å²) in [6.07, 6.45) is -3.93. The van der Waals surface area contributed by atoms with Gasteiger partial charge in [-0.3, -0.25) is 9.10 Å². The lowest BCUT2D eigenvalue weighted by Gasteiger charge is -2.25. The Morgan fingerprint density at radius 1 is 1.28 bits per heavy atom. The number of alkyl halides is 3. The highest BCUT2D eigenvalue weighted by Crippen LogP contribution is 2.37. The van der Waals surface area contributed by atoms with Gasteiger partial charge < -0.3 is 5.32 Å². The molecule has 142 valence electrons. The van der Waals surface area contributed by atoms with E-state index in [9.17, 15) is 26.4 Å². The summed E-state index contributed by atoms with van der Waals surface area (Å²) in [5.41, 5.74) is -1.46. The molecule has 0 fully saturated rings. The van der Waals surface area contributed by atoms with Gasteiger partial charge >= 0.3 is 6.18 Å². The first kappa shape index (κ1) is 21.6. The number of hydrogen-bond donors (Lipinski definition) is 1. The molecule has 0 bridgehead atoms. The molecule has 10 heteroatoms. The van der Waals surface area contributed by atoms with Crippen molar-refractivity contribution >= 4 is 33.2 Å². The monoisotopic (exact) mass is 400 g/mol. The molecule has 0 aliphatic heterocycles. The van der Waals surface area contributed by atoms with E-state index < -0.39 is 39.2 Å². The predicted octanol–water partition coefficient (Wildman–Crippen LogP) is 3.29. The van der Waals surface area contributed by atoms with Crippen LogP contribution in [0.4, 0.5) is 18.9 Å². The van der Waals surface area contributed by atoms with Crippen molar-refractivity contribution in [1.29, 1.82) is 0 Å². The fraction of sp³-hybridized carbons (Fsp3) is 0.533. The van der Waals surface area contributed by atoms with E-state index in [4.69, 9.17) is 11.6 Å². The molecule has 0 spiro atoms. The number of amides is 1. The zero-order chi connectivity index (χ0) is 19.6. The minimum absolute atomic E-state index is 0.114. The Hall–Kier alpha value is -1.48. The topological polar surface area (TPSA) is 66.5 Å². The molecule has 1 rings (SSSR count). The summed E-state index contributed by atoms with van der Waals surface area (Å²) >= 11 is 5.54. The maximum absolute atomic E-state index is 13.0. The minimum atomic E-state index is -4.75. The normalized spacial score (nSPS) is 13.6. The van der Waals surface area contributed by atoms with Crippen molar-refractivity contribution in [2.75, 3.05) is 17.1 Å². The van der Waals surface area contributed by atoms with Crippen molar-refractivity contribution in [3.63, 3.8) is 0 Å². The molecule has 1 aromatic rings. The van der Waals surface area contributed by atoms with E-state index in [0.29, 0.717) is 10.4 Å². The molecule has 1 unspecified atom stereocenters. The third-order valence-electron chi connectivity index (χ3n) is 3.62. The van der Waals surface area contributed by atoms with Crippen molar-refractivity contribution in [3.05, 3.63) is 28.8 Å². The standard InChI is InChI=1S/C15H20ClF3N2O3S/c1-9(2)10(3)20-14(22)8-21(25(4,23)24)11-5-6-13(16)12(7-11)15(17,18)19/h5-7,9-10H,8H2,1-4H3,(H,20,22). The zero-order valence-electron chi connectivity index (χ0n) is 14.2. The molecule has 5 nitrogen and oxygen atoms in total. The fourth-order valence-electron chi connectivity index (χ4n) is 1.88. The van der Waals surface area contributed by atoms with Crippen LogP contribution >= 0.6 is 11.6 Å². The highest BCUT2D eigenvalue weighted by Gasteiger charge is 2.34. The first-order chi connectivity index (χ1) is 11.2. The second-order valence-electron chi connectivity index (χ2n) is 6.03.